The second-order valence-corrected chi connectivity index (χ2v) is 10.5. The molecule has 0 saturated heterocycles. The molecule has 0 radical (unpaired) electrons. The number of benzene rings is 2. The summed E-state index contributed by atoms with van der Waals surface area (Å²) in [7, 11) is -7.16. The highest BCUT2D eigenvalue weighted by molar-refractivity contribution is 7.92. The number of nitrogens with one attached hydrogen (secondary N) is 1. The summed E-state index contributed by atoms with van der Waals surface area (Å²) in [6, 6.07) is 10.2. The first-order valence-corrected chi connectivity index (χ1v) is 12.3. The van der Waals surface area contributed by atoms with Crippen LogP contribution in [-0.4, -0.2) is 40.5 Å². The van der Waals surface area contributed by atoms with E-state index in [1.165, 1.54) is 10.6 Å². The standard InChI is InChI=1S/C19H24N2O5S2/c1-4-26-18-8-5-14(2)11-19(18)28(24,25)20-17-7-6-15-9-10-21(27(3,22)23)13-16(15)12-17/h5-8,11-12,20H,4,9-10,13H2,1-3H3. The van der Waals surface area contributed by atoms with Gasteiger partial charge in [0.15, 0.2) is 0 Å². The Labute approximate surface area is 166 Å². The number of anilines is 1. The molecule has 3 rings (SSSR count). The SMILES string of the molecule is CCOc1ccc(C)cc1S(=O)(=O)Nc1ccc2c(c1)CN(S(C)(=O)=O)CC2. The summed E-state index contributed by atoms with van der Waals surface area (Å²) >= 11 is 0. The fourth-order valence-corrected chi connectivity index (χ4v) is 5.26. The van der Waals surface area contributed by atoms with Crippen LogP contribution in [0, 0.1) is 6.92 Å². The maximum atomic E-state index is 12.9. The van der Waals surface area contributed by atoms with Crippen molar-refractivity contribution in [3.63, 3.8) is 0 Å². The largest absolute Gasteiger partial charge is 0.492 e. The van der Waals surface area contributed by atoms with Crippen LogP contribution < -0.4 is 9.46 Å². The molecule has 0 aliphatic carbocycles. The Hall–Kier alpha value is -2.10. The van der Waals surface area contributed by atoms with Crippen molar-refractivity contribution in [2.45, 2.75) is 31.7 Å². The van der Waals surface area contributed by atoms with Crippen molar-refractivity contribution in [3.8, 4) is 5.75 Å². The van der Waals surface area contributed by atoms with E-state index in [2.05, 4.69) is 4.72 Å². The van der Waals surface area contributed by atoms with E-state index in [0.29, 0.717) is 31.0 Å². The molecule has 1 aliphatic rings. The Bertz CT molecular complexity index is 1100. The van der Waals surface area contributed by atoms with Gasteiger partial charge in [-0.15, -0.1) is 0 Å². The van der Waals surface area contributed by atoms with E-state index in [1.54, 1.807) is 37.3 Å². The third-order valence-corrected chi connectivity index (χ3v) is 7.25. The summed E-state index contributed by atoms with van der Waals surface area (Å²) in [4.78, 5) is 0.0739. The second kappa shape index (κ2) is 7.73. The Morgan fingerprint density at radius 1 is 1.07 bits per heavy atom. The minimum Gasteiger partial charge on any atom is -0.492 e. The van der Waals surface area contributed by atoms with Gasteiger partial charge in [-0.1, -0.05) is 12.1 Å². The van der Waals surface area contributed by atoms with Crippen LogP contribution in [0.4, 0.5) is 5.69 Å². The van der Waals surface area contributed by atoms with E-state index in [-0.39, 0.29) is 11.4 Å². The Morgan fingerprint density at radius 3 is 2.50 bits per heavy atom. The van der Waals surface area contributed by atoms with Gasteiger partial charge in [0.2, 0.25) is 10.0 Å². The molecule has 7 nitrogen and oxygen atoms in total. The molecule has 0 fully saturated rings. The predicted octanol–water partition coefficient (Wildman–Crippen LogP) is 2.51. The number of rotatable bonds is 6. The van der Waals surface area contributed by atoms with Crippen LogP contribution in [0.2, 0.25) is 0 Å². The molecule has 0 aromatic heterocycles. The normalized spacial score (nSPS) is 15.1. The minimum absolute atomic E-state index is 0.0739. The van der Waals surface area contributed by atoms with Crippen LogP contribution >= 0.6 is 0 Å². The number of ether oxygens (including phenoxy) is 1. The Kier molecular flexibility index (Phi) is 5.69. The zero-order valence-corrected chi connectivity index (χ0v) is 17.7. The molecule has 1 aliphatic heterocycles. The van der Waals surface area contributed by atoms with E-state index < -0.39 is 20.0 Å². The van der Waals surface area contributed by atoms with Crippen LogP contribution in [0.15, 0.2) is 41.3 Å². The summed E-state index contributed by atoms with van der Waals surface area (Å²) in [5.74, 6) is 0.293. The minimum atomic E-state index is -3.86. The molecular formula is C19H24N2O5S2. The van der Waals surface area contributed by atoms with Crippen LogP contribution in [0.3, 0.4) is 0 Å². The topological polar surface area (TPSA) is 92.8 Å². The molecule has 9 heteroatoms. The average Bonchev–Trinajstić information content (AvgIpc) is 2.61. The summed E-state index contributed by atoms with van der Waals surface area (Å²) in [6.45, 7) is 4.62. The van der Waals surface area contributed by atoms with Crippen molar-refractivity contribution in [2.75, 3.05) is 24.1 Å². The number of hydrogen-bond donors (Lipinski definition) is 1. The fourth-order valence-electron chi connectivity index (χ4n) is 3.19. The third-order valence-electron chi connectivity index (χ3n) is 4.59. The fraction of sp³-hybridized carbons (Fsp3) is 0.368. The molecule has 28 heavy (non-hydrogen) atoms. The first kappa shape index (κ1) is 20.6. The lowest BCUT2D eigenvalue weighted by Crippen LogP contribution is -2.35. The van der Waals surface area contributed by atoms with Gasteiger partial charge in [-0.2, -0.15) is 4.31 Å². The highest BCUT2D eigenvalue weighted by Crippen LogP contribution is 2.29. The lowest BCUT2D eigenvalue weighted by Gasteiger charge is -2.27. The summed E-state index contributed by atoms with van der Waals surface area (Å²) in [6.07, 6.45) is 1.78. The zero-order valence-electron chi connectivity index (χ0n) is 16.1. The first-order valence-electron chi connectivity index (χ1n) is 8.93. The molecule has 1 N–H and O–H groups in total. The maximum absolute atomic E-state index is 12.9. The van der Waals surface area contributed by atoms with E-state index in [0.717, 1.165) is 16.7 Å². The molecule has 1 heterocycles. The third kappa shape index (κ3) is 4.48. The van der Waals surface area contributed by atoms with Crippen LogP contribution in [0.25, 0.3) is 0 Å². The second-order valence-electron chi connectivity index (χ2n) is 6.82. The summed E-state index contributed by atoms with van der Waals surface area (Å²) in [5, 5.41) is 0. The van der Waals surface area contributed by atoms with E-state index in [1.807, 2.05) is 13.0 Å². The number of aryl methyl sites for hydroxylation is 1. The molecule has 152 valence electrons. The maximum Gasteiger partial charge on any atom is 0.265 e. The van der Waals surface area contributed by atoms with Crippen molar-refractivity contribution >= 4 is 25.7 Å². The molecule has 0 spiro atoms. The predicted molar refractivity (Wildman–Crippen MR) is 109 cm³/mol. The van der Waals surface area contributed by atoms with Gasteiger partial charge in [-0.05, 0) is 61.2 Å². The van der Waals surface area contributed by atoms with Crippen molar-refractivity contribution in [2.24, 2.45) is 0 Å². The smallest absolute Gasteiger partial charge is 0.265 e. The molecule has 2 aromatic rings. The zero-order chi connectivity index (χ0) is 20.5. The monoisotopic (exact) mass is 424 g/mol. The number of nitrogens with zero attached hydrogens (tertiary/aromatic N) is 1. The molecule has 0 unspecified atom stereocenters. The molecule has 0 saturated carbocycles. The lowest BCUT2D eigenvalue weighted by atomic mass is 10.0. The van der Waals surface area contributed by atoms with Gasteiger partial charge in [-0.25, -0.2) is 16.8 Å². The Morgan fingerprint density at radius 2 is 1.82 bits per heavy atom. The average molecular weight is 425 g/mol. The molecule has 0 bridgehead atoms. The highest BCUT2D eigenvalue weighted by atomic mass is 32.2. The van der Waals surface area contributed by atoms with Crippen molar-refractivity contribution in [1.29, 1.82) is 0 Å². The quantitative estimate of drug-likeness (QED) is 0.769. The van der Waals surface area contributed by atoms with Crippen LogP contribution in [-0.2, 0) is 33.0 Å². The lowest BCUT2D eigenvalue weighted by molar-refractivity contribution is 0.331. The summed E-state index contributed by atoms with van der Waals surface area (Å²) < 4.78 is 59.0. The first-order chi connectivity index (χ1) is 13.1. The van der Waals surface area contributed by atoms with Crippen molar-refractivity contribution < 1.29 is 21.6 Å². The van der Waals surface area contributed by atoms with Crippen LogP contribution in [0.1, 0.15) is 23.6 Å². The van der Waals surface area contributed by atoms with Gasteiger partial charge in [0, 0.05) is 18.8 Å². The van der Waals surface area contributed by atoms with Gasteiger partial charge < -0.3 is 4.74 Å². The molecule has 0 atom stereocenters. The highest BCUT2D eigenvalue weighted by Gasteiger charge is 2.25. The number of fused-ring (bicyclic) bond motifs is 1. The van der Waals surface area contributed by atoms with Crippen molar-refractivity contribution in [1.82, 2.24) is 4.31 Å². The van der Waals surface area contributed by atoms with E-state index >= 15 is 0 Å². The molecule has 0 amide bonds. The van der Waals surface area contributed by atoms with Gasteiger partial charge in [-0.3, -0.25) is 4.72 Å². The van der Waals surface area contributed by atoms with E-state index in [4.69, 9.17) is 4.74 Å². The number of hydrogen-bond acceptors (Lipinski definition) is 5. The summed E-state index contributed by atoms with van der Waals surface area (Å²) in [5.41, 5.74) is 3.01. The van der Waals surface area contributed by atoms with Gasteiger partial charge in [0.05, 0.1) is 12.9 Å². The van der Waals surface area contributed by atoms with Gasteiger partial charge in [0.25, 0.3) is 10.0 Å². The van der Waals surface area contributed by atoms with Gasteiger partial charge in [0.1, 0.15) is 10.6 Å². The van der Waals surface area contributed by atoms with Crippen LogP contribution in [0.5, 0.6) is 5.75 Å². The van der Waals surface area contributed by atoms with Gasteiger partial charge >= 0.3 is 0 Å². The van der Waals surface area contributed by atoms with Crippen molar-refractivity contribution in [3.05, 3.63) is 53.1 Å². The van der Waals surface area contributed by atoms with E-state index in [9.17, 15) is 16.8 Å². The number of sulfonamides is 2. The molecule has 2 aromatic carbocycles. The Balaban J connectivity index is 1.91. The molecular weight excluding hydrogens is 400 g/mol.